The molecule has 0 aliphatic heterocycles. The molecular formula is C33H31NO8. The predicted molar refractivity (Wildman–Crippen MR) is 159 cm³/mol. The lowest BCUT2D eigenvalue weighted by Gasteiger charge is -2.22. The van der Waals surface area contributed by atoms with Crippen molar-refractivity contribution in [2.75, 3.05) is 14.2 Å². The molecule has 0 unspecified atom stereocenters. The van der Waals surface area contributed by atoms with Crippen LogP contribution in [-0.2, 0) is 16.1 Å². The highest BCUT2D eigenvalue weighted by molar-refractivity contribution is 5.91. The Morgan fingerprint density at radius 2 is 1.69 bits per heavy atom. The number of carbonyl (C=O) groups excluding carboxylic acids is 1. The monoisotopic (exact) mass is 569 g/mol. The summed E-state index contributed by atoms with van der Waals surface area (Å²) in [6.45, 7) is 4.36. The van der Waals surface area contributed by atoms with E-state index < -0.39 is 28.8 Å². The third kappa shape index (κ3) is 5.21. The lowest BCUT2D eigenvalue weighted by Crippen LogP contribution is -2.29. The van der Waals surface area contributed by atoms with E-state index >= 15 is 0 Å². The van der Waals surface area contributed by atoms with Gasteiger partial charge in [0.2, 0.25) is 0 Å². The molecule has 0 aliphatic carbocycles. The van der Waals surface area contributed by atoms with Gasteiger partial charge in [-0.25, -0.2) is 0 Å². The molecule has 0 amide bonds. The van der Waals surface area contributed by atoms with Gasteiger partial charge in [0.15, 0.2) is 5.43 Å². The van der Waals surface area contributed by atoms with Crippen molar-refractivity contribution in [3.63, 3.8) is 0 Å². The molecule has 5 aromatic rings. The lowest BCUT2D eigenvalue weighted by atomic mass is 9.86. The largest absolute Gasteiger partial charge is 0.507 e. The number of pyridine rings is 1. The maximum atomic E-state index is 14.2. The van der Waals surface area contributed by atoms with Gasteiger partial charge in [-0.3, -0.25) is 14.4 Å². The molecule has 216 valence electrons. The van der Waals surface area contributed by atoms with Crippen LogP contribution in [0.2, 0.25) is 0 Å². The first-order valence-electron chi connectivity index (χ1n) is 13.5. The van der Waals surface area contributed by atoms with Crippen molar-refractivity contribution in [1.29, 1.82) is 0 Å². The Bertz CT molecular complexity index is 1920. The molecule has 0 radical (unpaired) electrons. The van der Waals surface area contributed by atoms with Gasteiger partial charge in [-0.05, 0) is 30.2 Å². The van der Waals surface area contributed by atoms with Crippen LogP contribution in [0.3, 0.4) is 0 Å². The van der Waals surface area contributed by atoms with Gasteiger partial charge < -0.3 is 28.7 Å². The van der Waals surface area contributed by atoms with E-state index in [1.807, 2.05) is 19.9 Å². The van der Waals surface area contributed by atoms with Crippen LogP contribution in [0.25, 0.3) is 33.2 Å². The van der Waals surface area contributed by atoms with E-state index in [1.165, 1.54) is 13.2 Å². The molecule has 3 aromatic carbocycles. The summed E-state index contributed by atoms with van der Waals surface area (Å²) in [7, 11) is 2.77. The van der Waals surface area contributed by atoms with Crippen molar-refractivity contribution < 1.29 is 28.9 Å². The molecule has 0 saturated carbocycles. The average molecular weight is 570 g/mol. The first-order valence-corrected chi connectivity index (χ1v) is 13.5. The molecule has 0 spiro atoms. The van der Waals surface area contributed by atoms with Crippen molar-refractivity contribution in [3.05, 3.63) is 98.4 Å². The molecule has 0 saturated heterocycles. The molecule has 2 N–H and O–H groups in total. The van der Waals surface area contributed by atoms with E-state index in [9.17, 15) is 24.6 Å². The summed E-state index contributed by atoms with van der Waals surface area (Å²) in [5.74, 6) is -1.81. The van der Waals surface area contributed by atoms with Crippen molar-refractivity contribution in [2.24, 2.45) is 5.92 Å². The van der Waals surface area contributed by atoms with Crippen molar-refractivity contribution >= 4 is 27.8 Å². The molecule has 9 nitrogen and oxygen atoms in total. The number of hydrogen-bond donors (Lipinski definition) is 2. The van der Waals surface area contributed by atoms with Crippen LogP contribution in [0.4, 0.5) is 0 Å². The fourth-order valence-electron chi connectivity index (χ4n) is 5.33. The SMILES string of the molecule is COC(=O)C[C@@H](c1cc2cc(OC)ccc2n(CC(C)C)c1=O)c1c(O)cc(O)c2c(=O)cc(-c3ccccc3)oc12. The number of aromatic nitrogens is 1. The lowest BCUT2D eigenvalue weighted by molar-refractivity contribution is -0.140. The summed E-state index contributed by atoms with van der Waals surface area (Å²) in [5.41, 5.74) is 0.395. The maximum Gasteiger partial charge on any atom is 0.306 e. The molecular weight excluding hydrogens is 538 g/mol. The van der Waals surface area contributed by atoms with Gasteiger partial charge in [-0.1, -0.05) is 44.2 Å². The topological polar surface area (TPSA) is 128 Å². The Morgan fingerprint density at radius 1 is 0.952 bits per heavy atom. The van der Waals surface area contributed by atoms with Gasteiger partial charge in [-0.15, -0.1) is 0 Å². The van der Waals surface area contributed by atoms with Gasteiger partial charge in [-0.2, -0.15) is 0 Å². The van der Waals surface area contributed by atoms with Crippen molar-refractivity contribution in [3.8, 4) is 28.6 Å². The molecule has 5 rings (SSSR count). The van der Waals surface area contributed by atoms with Gasteiger partial charge in [0.05, 0.1) is 26.2 Å². The minimum Gasteiger partial charge on any atom is -0.507 e. The molecule has 1 atom stereocenters. The van der Waals surface area contributed by atoms with Crippen LogP contribution >= 0.6 is 0 Å². The van der Waals surface area contributed by atoms with Crippen LogP contribution in [0, 0.1) is 5.92 Å². The smallest absolute Gasteiger partial charge is 0.306 e. The third-order valence-corrected chi connectivity index (χ3v) is 7.25. The fraction of sp³-hybridized carbons (Fsp3) is 0.242. The summed E-state index contributed by atoms with van der Waals surface area (Å²) in [6.07, 6.45) is -0.352. The second kappa shape index (κ2) is 11.4. The Kier molecular flexibility index (Phi) is 7.76. The van der Waals surface area contributed by atoms with Gasteiger partial charge in [0.1, 0.15) is 34.0 Å². The maximum absolute atomic E-state index is 14.2. The first kappa shape index (κ1) is 28.5. The highest BCUT2D eigenvalue weighted by Crippen LogP contribution is 2.43. The molecule has 0 bridgehead atoms. The van der Waals surface area contributed by atoms with Crippen LogP contribution in [0.1, 0.15) is 37.3 Å². The minimum absolute atomic E-state index is 0.0125. The summed E-state index contributed by atoms with van der Waals surface area (Å²) >= 11 is 0. The number of carbonyl (C=O) groups is 1. The van der Waals surface area contributed by atoms with E-state index in [1.54, 1.807) is 60.2 Å². The fourth-order valence-corrected chi connectivity index (χ4v) is 5.33. The highest BCUT2D eigenvalue weighted by atomic mass is 16.5. The zero-order chi connectivity index (χ0) is 30.1. The number of fused-ring (bicyclic) bond motifs is 2. The second-order valence-corrected chi connectivity index (χ2v) is 10.5. The number of phenols is 2. The van der Waals surface area contributed by atoms with E-state index in [2.05, 4.69) is 0 Å². The number of aromatic hydroxyl groups is 2. The quantitative estimate of drug-likeness (QED) is 0.233. The van der Waals surface area contributed by atoms with Gasteiger partial charge >= 0.3 is 5.97 Å². The van der Waals surface area contributed by atoms with E-state index in [0.29, 0.717) is 28.8 Å². The highest BCUT2D eigenvalue weighted by Gasteiger charge is 2.31. The number of nitrogens with zero attached hydrogens (tertiary/aromatic N) is 1. The molecule has 9 heteroatoms. The number of methoxy groups -OCH3 is 2. The Balaban J connectivity index is 1.89. The number of phenolic OH excluding ortho intramolecular Hbond substituents is 2. The van der Waals surface area contributed by atoms with E-state index in [4.69, 9.17) is 13.9 Å². The number of rotatable bonds is 8. The second-order valence-electron chi connectivity index (χ2n) is 10.5. The van der Waals surface area contributed by atoms with Crippen LogP contribution in [-0.4, -0.2) is 35.0 Å². The van der Waals surface area contributed by atoms with Crippen LogP contribution in [0.15, 0.2) is 80.7 Å². The summed E-state index contributed by atoms with van der Waals surface area (Å²) < 4.78 is 18.2. The molecule has 0 aliphatic rings. The predicted octanol–water partition coefficient (Wildman–Crippen LogP) is 5.55. The van der Waals surface area contributed by atoms with Crippen molar-refractivity contribution in [1.82, 2.24) is 4.57 Å². The summed E-state index contributed by atoms with van der Waals surface area (Å²) in [6, 6.07) is 18.2. The number of benzene rings is 3. The Labute approximate surface area is 241 Å². The molecule has 2 heterocycles. The van der Waals surface area contributed by atoms with Crippen LogP contribution < -0.4 is 15.7 Å². The normalized spacial score (nSPS) is 12.1. The number of esters is 1. The summed E-state index contributed by atoms with van der Waals surface area (Å²) in [4.78, 5) is 40.3. The average Bonchev–Trinajstić information content (AvgIpc) is 2.97. The van der Waals surface area contributed by atoms with E-state index in [0.717, 1.165) is 6.07 Å². The molecule has 0 fully saturated rings. The summed E-state index contributed by atoms with van der Waals surface area (Å²) in [5, 5.41) is 22.5. The zero-order valence-electron chi connectivity index (χ0n) is 23.7. The Morgan fingerprint density at radius 3 is 2.36 bits per heavy atom. The molecule has 42 heavy (non-hydrogen) atoms. The first-order chi connectivity index (χ1) is 20.1. The van der Waals surface area contributed by atoms with Gasteiger partial charge in [0, 0.05) is 46.7 Å². The Hall–Kier alpha value is -5.05. The van der Waals surface area contributed by atoms with Gasteiger partial charge in [0.25, 0.3) is 5.56 Å². The standard InChI is InChI=1S/C33H31NO8/c1-18(2)17-34-24-11-10-21(40-3)12-20(24)13-23(33(34)39)22(14-29(38)41-4)30-25(35)15-26(36)31-27(37)16-28(42-32(30)31)19-8-6-5-7-9-19/h5-13,15-16,18,22,35-36H,14,17H2,1-4H3/t22-/m0/s1. The number of ether oxygens (including phenoxy) is 2. The minimum atomic E-state index is -1.10. The number of hydrogen-bond acceptors (Lipinski definition) is 8. The van der Waals surface area contributed by atoms with E-state index in [-0.39, 0.29) is 45.8 Å². The van der Waals surface area contributed by atoms with Crippen molar-refractivity contribution in [2.45, 2.75) is 32.7 Å². The van der Waals surface area contributed by atoms with Crippen LogP contribution in [0.5, 0.6) is 17.2 Å². The molecule has 2 aromatic heterocycles. The third-order valence-electron chi connectivity index (χ3n) is 7.25. The zero-order valence-corrected chi connectivity index (χ0v) is 23.7.